The van der Waals surface area contributed by atoms with Crippen LogP contribution in [0, 0.1) is 0 Å². The van der Waals surface area contributed by atoms with E-state index in [0.717, 1.165) is 5.82 Å². The quantitative estimate of drug-likeness (QED) is 0.837. The molecule has 0 unspecified atom stereocenters. The molecule has 0 aliphatic carbocycles. The van der Waals surface area contributed by atoms with Gasteiger partial charge in [0.1, 0.15) is 5.82 Å². The fraction of sp³-hybridized carbons (Fsp3) is 0.364. The van der Waals surface area contributed by atoms with Crippen molar-refractivity contribution in [1.82, 2.24) is 4.98 Å². The normalized spacial score (nSPS) is 11.9. The van der Waals surface area contributed by atoms with Crippen molar-refractivity contribution >= 4 is 27.2 Å². The van der Waals surface area contributed by atoms with E-state index in [1.165, 1.54) is 10.1 Å². The molecule has 0 aliphatic rings. The van der Waals surface area contributed by atoms with Crippen molar-refractivity contribution < 1.29 is 0 Å². The van der Waals surface area contributed by atoms with Gasteiger partial charge in [-0.2, -0.15) is 0 Å². The van der Waals surface area contributed by atoms with E-state index < -0.39 is 0 Å². The van der Waals surface area contributed by atoms with Crippen LogP contribution in [0.3, 0.4) is 0 Å². The van der Waals surface area contributed by atoms with Crippen molar-refractivity contribution in [3.63, 3.8) is 0 Å². The predicted molar refractivity (Wildman–Crippen MR) is 66.4 cm³/mol. The Kier molecular flexibility index (Phi) is 2.63. The number of aromatic nitrogens is 1. The lowest BCUT2D eigenvalue weighted by Gasteiger charge is -2.25. The third-order valence-corrected chi connectivity index (χ3v) is 3.23. The maximum atomic E-state index is 5.69. The molecule has 80 valence electrons. The van der Waals surface area contributed by atoms with E-state index in [1.54, 1.807) is 11.3 Å². The number of pyridine rings is 1. The number of nitrogens with one attached hydrogen (secondary N) is 1. The molecule has 3 nitrogen and oxygen atoms in total. The topological polar surface area (TPSA) is 50.9 Å². The lowest BCUT2D eigenvalue weighted by Crippen LogP contribution is -2.39. The van der Waals surface area contributed by atoms with Gasteiger partial charge in [0, 0.05) is 28.4 Å². The molecule has 0 saturated carbocycles. The molecule has 0 saturated heterocycles. The zero-order valence-electron chi connectivity index (χ0n) is 8.95. The summed E-state index contributed by atoms with van der Waals surface area (Å²) in [5, 5.41) is 6.61. The molecular weight excluding hydrogens is 206 g/mol. The first-order valence-electron chi connectivity index (χ1n) is 4.93. The van der Waals surface area contributed by atoms with Gasteiger partial charge in [0.2, 0.25) is 0 Å². The van der Waals surface area contributed by atoms with Crippen molar-refractivity contribution in [3.8, 4) is 0 Å². The molecule has 0 spiro atoms. The minimum Gasteiger partial charge on any atom is -0.363 e. The molecule has 0 aromatic carbocycles. The van der Waals surface area contributed by atoms with Crippen molar-refractivity contribution in [1.29, 1.82) is 0 Å². The summed E-state index contributed by atoms with van der Waals surface area (Å²) in [6.07, 6.45) is 1.83. The first kappa shape index (κ1) is 10.4. The highest BCUT2D eigenvalue weighted by atomic mass is 32.1. The molecule has 0 atom stereocenters. The van der Waals surface area contributed by atoms with Gasteiger partial charge >= 0.3 is 0 Å². The highest BCUT2D eigenvalue weighted by Crippen LogP contribution is 2.27. The second kappa shape index (κ2) is 3.79. The van der Waals surface area contributed by atoms with E-state index in [0.29, 0.717) is 6.54 Å². The van der Waals surface area contributed by atoms with Crippen LogP contribution in [0.2, 0.25) is 0 Å². The van der Waals surface area contributed by atoms with E-state index in [9.17, 15) is 0 Å². The number of thiophene rings is 1. The Bertz CT molecular complexity index is 462. The van der Waals surface area contributed by atoms with E-state index in [-0.39, 0.29) is 5.54 Å². The molecule has 0 bridgehead atoms. The number of nitrogens with zero attached hydrogens (tertiary/aromatic N) is 1. The summed E-state index contributed by atoms with van der Waals surface area (Å²) >= 11 is 1.72. The summed E-state index contributed by atoms with van der Waals surface area (Å²) in [6, 6.07) is 4.11. The second-order valence-corrected chi connectivity index (χ2v) is 5.15. The van der Waals surface area contributed by atoms with Gasteiger partial charge in [-0.15, -0.1) is 11.3 Å². The molecule has 0 aliphatic heterocycles. The average Bonchev–Trinajstić information content (AvgIpc) is 2.66. The summed E-state index contributed by atoms with van der Waals surface area (Å²) in [4.78, 5) is 4.35. The molecule has 4 heteroatoms. The molecular formula is C11H15N3S. The van der Waals surface area contributed by atoms with Gasteiger partial charge in [0.25, 0.3) is 0 Å². The van der Waals surface area contributed by atoms with Crippen LogP contribution < -0.4 is 11.1 Å². The summed E-state index contributed by atoms with van der Waals surface area (Å²) in [5.41, 5.74) is 5.56. The number of fused-ring (bicyclic) bond motifs is 1. The highest BCUT2D eigenvalue weighted by Gasteiger charge is 2.16. The van der Waals surface area contributed by atoms with Gasteiger partial charge in [0.05, 0.1) is 0 Å². The summed E-state index contributed by atoms with van der Waals surface area (Å²) in [7, 11) is 0. The summed E-state index contributed by atoms with van der Waals surface area (Å²) < 4.78 is 1.25. The van der Waals surface area contributed by atoms with Crippen LogP contribution in [0.1, 0.15) is 13.8 Å². The fourth-order valence-electron chi connectivity index (χ4n) is 1.37. The fourth-order valence-corrected chi connectivity index (χ4v) is 2.15. The Morgan fingerprint density at radius 1 is 1.47 bits per heavy atom. The van der Waals surface area contributed by atoms with E-state index in [4.69, 9.17) is 5.73 Å². The van der Waals surface area contributed by atoms with E-state index in [2.05, 4.69) is 35.6 Å². The smallest absolute Gasteiger partial charge is 0.135 e. The van der Waals surface area contributed by atoms with Crippen LogP contribution in [0.15, 0.2) is 23.7 Å². The SMILES string of the molecule is CC(C)(CN)Nc1nccc2sccc12. The number of nitrogens with two attached hydrogens (primary N) is 1. The van der Waals surface area contributed by atoms with Crippen LogP contribution in [0.25, 0.3) is 10.1 Å². The van der Waals surface area contributed by atoms with E-state index in [1.807, 2.05) is 12.3 Å². The molecule has 0 amide bonds. The number of rotatable bonds is 3. The van der Waals surface area contributed by atoms with Crippen molar-refractivity contribution in [2.45, 2.75) is 19.4 Å². The summed E-state index contributed by atoms with van der Waals surface area (Å²) in [5.74, 6) is 0.921. The second-order valence-electron chi connectivity index (χ2n) is 4.20. The molecule has 3 N–H and O–H groups in total. The van der Waals surface area contributed by atoms with Gasteiger partial charge in [-0.25, -0.2) is 4.98 Å². The monoisotopic (exact) mass is 221 g/mol. The maximum absolute atomic E-state index is 5.69. The Labute approximate surface area is 93.3 Å². The molecule has 2 heterocycles. The first-order chi connectivity index (χ1) is 7.12. The highest BCUT2D eigenvalue weighted by molar-refractivity contribution is 7.17. The Balaban J connectivity index is 2.39. The van der Waals surface area contributed by atoms with Crippen LogP contribution in [-0.4, -0.2) is 17.1 Å². The Morgan fingerprint density at radius 3 is 3.00 bits per heavy atom. The summed E-state index contributed by atoms with van der Waals surface area (Å²) in [6.45, 7) is 4.72. The zero-order chi connectivity index (χ0) is 10.9. The van der Waals surface area contributed by atoms with Gasteiger partial charge in [-0.05, 0) is 31.4 Å². The molecule has 2 aromatic rings. The zero-order valence-corrected chi connectivity index (χ0v) is 9.77. The number of anilines is 1. The molecule has 2 aromatic heterocycles. The van der Waals surface area contributed by atoms with Crippen LogP contribution in [0.5, 0.6) is 0 Å². The van der Waals surface area contributed by atoms with Crippen LogP contribution >= 0.6 is 11.3 Å². The standard InChI is InChI=1S/C11H15N3S/c1-11(2,7-12)14-10-8-4-6-15-9(8)3-5-13-10/h3-6H,7,12H2,1-2H3,(H,13,14). The van der Waals surface area contributed by atoms with Gasteiger partial charge in [-0.1, -0.05) is 0 Å². The van der Waals surface area contributed by atoms with Crippen molar-refractivity contribution in [3.05, 3.63) is 23.7 Å². The molecule has 2 rings (SSSR count). The van der Waals surface area contributed by atoms with Gasteiger partial charge in [-0.3, -0.25) is 0 Å². The number of hydrogen-bond acceptors (Lipinski definition) is 4. The molecule has 15 heavy (non-hydrogen) atoms. The Hall–Kier alpha value is -1.13. The third-order valence-electron chi connectivity index (χ3n) is 2.35. The van der Waals surface area contributed by atoms with Gasteiger partial charge < -0.3 is 11.1 Å². The lowest BCUT2D eigenvalue weighted by atomic mass is 10.1. The average molecular weight is 221 g/mol. The Morgan fingerprint density at radius 2 is 2.27 bits per heavy atom. The van der Waals surface area contributed by atoms with Crippen molar-refractivity contribution in [2.24, 2.45) is 5.73 Å². The first-order valence-corrected chi connectivity index (χ1v) is 5.81. The largest absolute Gasteiger partial charge is 0.363 e. The maximum Gasteiger partial charge on any atom is 0.135 e. The van der Waals surface area contributed by atoms with Crippen LogP contribution in [-0.2, 0) is 0 Å². The van der Waals surface area contributed by atoms with Crippen LogP contribution in [0.4, 0.5) is 5.82 Å². The third kappa shape index (κ3) is 2.11. The molecule has 0 radical (unpaired) electrons. The van der Waals surface area contributed by atoms with Gasteiger partial charge in [0.15, 0.2) is 0 Å². The lowest BCUT2D eigenvalue weighted by molar-refractivity contribution is 0.578. The van der Waals surface area contributed by atoms with Crippen molar-refractivity contribution in [2.75, 3.05) is 11.9 Å². The minimum atomic E-state index is -0.122. The number of hydrogen-bond donors (Lipinski definition) is 2. The van der Waals surface area contributed by atoms with E-state index >= 15 is 0 Å². The minimum absolute atomic E-state index is 0.122. The predicted octanol–water partition coefficient (Wildman–Crippen LogP) is 2.45. The molecule has 0 fully saturated rings.